The quantitative estimate of drug-likeness (QED) is 0.879. The molecule has 0 radical (unpaired) electrons. The summed E-state index contributed by atoms with van der Waals surface area (Å²) in [4.78, 5) is 2.45. The van der Waals surface area contributed by atoms with Gasteiger partial charge in [-0.1, -0.05) is 20.3 Å². The number of rotatable bonds is 4. The van der Waals surface area contributed by atoms with Gasteiger partial charge in [0.15, 0.2) is 0 Å². The van der Waals surface area contributed by atoms with Crippen LogP contribution in [0.1, 0.15) is 38.7 Å². The van der Waals surface area contributed by atoms with Crippen LogP contribution in [-0.2, 0) is 0 Å². The summed E-state index contributed by atoms with van der Waals surface area (Å²) >= 11 is 3.32. The van der Waals surface area contributed by atoms with Crippen molar-refractivity contribution in [3.63, 3.8) is 0 Å². The Morgan fingerprint density at radius 1 is 1.40 bits per heavy atom. The first-order chi connectivity index (χ1) is 9.56. The number of aryl methyl sites for hydroxylation is 1. The van der Waals surface area contributed by atoms with E-state index >= 15 is 0 Å². The Bertz CT molecular complexity index is 464. The van der Waals surface area contributed by atoms with E-state index < -0.39 is 0 Å². The van der Waals surface area contributed by atoms with Crippen molar-refractivity contribution in [3.05, 3.63) is 28.0 Å². The average molecular weight is 343 g/mol. The van der Waals surface area contributed by atoms with Crippen LogP contribution >= 0.6 is 15.9 Å². The molecular weight excluding hydrogens is 319 g/mol. The highest BCUT2D eigenvalue weighted by atomic mass is 79.9. The summed E-state index contributed by atoms with van der Waals surface area (Å²) in [6.45, 7) is 8.44. The van der Waals surface area contributed by atoms with E-state index in [1.165, 1.54) is 12.8 Å². The predicted octanol–water partition coefficient (Wildman–Crippen LogP) is 4.25. The summed E-state index contributed by atoms with van der Waals surface area (Å²) in [6.07, 6.45) is 3.48. The van der Waals surface area contributed by atoms with Crippen LogP contribution in [0.3, 0.4) is 0 Å². The van der Waals surface area contributed by atoms with E-state index in [1.807, 2.05) is 13.0 Å². The van der Waals surface area contributed by atoms with Crippen molar-refractivity contribution in [3.8, 4) is 0 Å². The largest absolute Gasteiger partial charge is 0.365 e. The van der Waals surface area contributed by atoms with Gasteiger partial charge in [0.1, 0.15) is 5.82 Å². The molecule has 1 aliphatic heterocycles. The molecule has 0 aliphatic carbocycles. The lowest BCUT2D eigenvalue weighted by Gasteiger charge is -2.42. The molecule has 1 heterocycles. The molecule has 1 aromatic carbocycles. The molecule has 0 amide bonds. The number of piperazine rings is 1. The van der Waals surface area contributed by atoms with Crippen molar-refractivity contribution < 1.29 is 4.39 Å². The van der Waals surface area contributed by atoms with E-state index in [0.717, 1.165) is 30.8 Å². The Labute approximate surface area is 129 Å². The van der Waals surface area contributed by atoms with Crippen molar-refractivity contribution in [1.82, 2.24) is 5.32 Å². The highest BCUT2D eigenvalue weighted by Gasteiger charge is 2.27. The van der Waals surface area contributed by atoms with E-state index in [1.54, 1.807) is 6.07 Å². The SMILES string of the molecule is CCCC1CN(c2cc(Br)c(F)cc2C)C(CC)CN1. The molecule has 112 valence electrons. The van der Waals surface area contributed by atoms with Gasteiger partial charge in [-0.2, -0.15) is 0 Å². The van der Waals surface area contributed by atoms with Crippen LogP contribution in [0.15, 0.2) is 16.6 Å². The molecule has 0 spiro atoms. The second-order valence-corrected chi connectivity index (χ2v) is 6.52. The fourth-order valence-electron chi connectivity index (χ4n) is 3.01. The van der Waals surface area contributed by atoms with Crippen LogP contribution in [0.25, 0.3) is 0 Å². The maximum Gasteiger partial charge on any atom is 0.137 e. The van der Waals surface area contributed by atoms with Crippen LogP contribution in [0.4, 0.5) is 10.1 Å². The van der Waals surface area contributed by atoms with Gasteiger partial charge in [-0.3, -0.25) is 0 Å². The fourth-order valence-corrected chi connectivity index (χ4v) is 3.34. The topological polar surface area (TPSA) is 15.3 Å². The summed E-state index contributed by atoms with van der Waals surface area (Å²) in [6, 6.07) is 4.58. The van der Waals surface area contributed by atoms with Gasteiger partial charge < -0.3 is 10.2 Å². The smallest absolute Gasteiger partial charge is 0.137 e. The molecule has 20 heavy (non-hydrogen) atoms. The molecule has 1 aromatic rings. The maximum atomic E-state index is 13.6. The van der Waals surface area contributed by atoms with Gasteiger partial charge in [-0.25, -0.2) is 4.39 Å². The lowest BCUT2D eigenvalue weighted by Crippen LogP contribution is -2.56. The zero-order valence-corrected chi connectivity index (χ0v) is 14.1. The zero-order valence-electron chi connectivity index (χ0n) is 12.5. The minimum atomic E-state index is -0.181. The molecule has 2 nitrogen and oxygen atoms in total. The van der Waals surface area contributed by atoms with E-state index in [9.17, 15) is 4.39 Å². The van der Waals surface area contributed by atoms with E-state index in [2.05, 4.69) is 40.0 Å². The number of anilines is 1. The molecule has 1 saturated heterocycles. The standard InChI is InChI=1S/C16H24BrFN2/c1-4-6-12-10-20(13(5-2)9-19-12)16-8-14(17)15(18)7-11(16)3/h7-8,12-13,19H,4-6,9-10H2,1-3H3. The van der Waals surface area contributed by atoms with Crippen molar-refractivity contribution in [2.45, 2.75) is 52.1 Å². The van der Waals surface area contributed by atoms with Gasteiger partial charge in [-0.15, -0.1) is 0 Å². The van der Waals surface area contributed by atoms with E-state index in [4.69, 9.17) is 0 Å². The van der Waals surface area contributed by atoms with Gasteiger partial charge in [0.2, 0.25) is 0 Å². The zero-order chi connectivity index (χ0) is 14.7. The third kappa shape index (κ3) is 3.34. The molecule has 2 atom stereocenters. The minimum Gasteiger partial charge on any atom is -0.365 e. The van der Waals surface area contributed by atoms with Gasteiger partial charge in [0.05, 0.1) is 4.47 Å². The first kappa shape index (κ1) is 15.8. The number of halogens is 2. The molecule has 1 aliphatic rings. The number of nitrogens with zero attached hydrogens (tertiary/aromatic N) is 1. The molecule has 1 fully saturated rings. The third-order valence-corrected chi connectivity index (χ3v) is 4.76. The van der Waals surface area contributed by atoms with Crippen LogP contribution in [-0.4, -0.2) is 25.2 Å². The molecule has 0 aromatic heterocycles. The fraction of sp³-hybridized carbons (Fsp3) is 0.625. The van der Waals surface area contributed by atoms with E-state index in [-0.39, 0.29) is 5.82 Å². The molecule has 2 rings (SSSR count). The molecule has 1 N–H and O–H groups in total. The summed E-state index contributed by atoms with van der Waals surface area (Å²) in [5.74, 6) is -0.181. The van der Waals surface area contributed by atoms with Gasteiger partial charge >= 0.3 is 0 Å². The second-order valence-electron chi connectivity index (χ2n) is 5.66. The molecular formula is C16H24BrFN2. The number of hydrogen-bond acceptors (Lipinski definition) is 2. The lowest BCUT2D eigenvalue weighted by atomic mass is 10.0. The van der Waals surface area contributed by atoms with Crippen LogP contribution in [0.5, 0.6) is 0 Å². The first-order valence-electron chi connectivity index (χ1n) is 7.52. The lowest BCUT2D eigenvalue weighted by molar-refractivity contribution is 0.369. The summed E-state index contributed by atoms with van der Waals surface area (Å²) in [5, 5.41) is 3.64. The maximum absolute atomic E-state index is 13.6. The molecule has 0 saturated carbocycles. The highest BCUT2D eigenvalue weighted by Crippen LogP contribution is 2.30. The summed E-state index contributed by atoms with van der Waals surface area (Å²) in [7, 11) is 0. The molecule has 2 unspecified atom stereocenters. The van der Waals surface area contributed by atoms with Crippen molar-refractivity contribution >= 4 is 21.6 Å². The summed E-state index contributed by atoms with van der Waals surface area (Å²) in [5.41, 5.74) is 2.18. The van der Waals surface area contributed by atoms with Crippen LogP contribution in [0, 0.1) is 12.7 Å². The predicted molar refractivity (Wildman–Crippen MR) is 87.0 cm³/mol. The monoisotopic (exact) mass is 342 g/mol. The van der Waals surface area contributed by atoms with E-state index in [0.29, 0.717) is 16.6 Å². The van der Waals surface area contributed by atoms with Crippen molar-refractivity contribution in [1.29, 1.82) is 0 Å². The Balaban J connectivity index is 2.28. The van der Waals surface area contributed by atoms with Crippen molar-refractivity contribution in [2.24, 2.45) is 0 Å². The van der Waals surface area contributed by atoms with Gasteiger partial charge in [0.25, 0.3) is 0 Å². The molecule has 4 heteroatoms. The Morgan fingerprint density at radius 2 is 2.15 bits per heavy atom. The number of nitrogens with one attached hydrogen (secondary N) is 1. The Kier molecular flexibility index (Phi) is 5.44. The van der Waals surface area contributed by atoms with Crippen LogP contribution in [0.2, 0.25) is 0 Å². The summed E-state index contributed by atoms with van der Waals surface area (Å²) < 4.78 is 14.2. The minimum absolute atomic E-state index is 0.181. The average Bonchev–Trinajstić information content (AvgIpc) is 2.43. The first-order valence-corrected chi connectivity index (χ1v) is 8.31. The molecule has 0 bridgehead atoms. The number of benzene rings is 1. The highest BCUT2D eigenvalue weighted by molar-refractivity contribution is 9.10. The second kappa shape index (κ2) is 6.90. The van der Waals surface area contributed by atoms with Crippen molar-refractivity contribution in [2.75, 3.05) is 18.0 Å². The van der Waals surface area contributed by atoms with Gasteiger partial charge in [0, 0.05) is 30.9 Å². The third-order valence-electron chi connectivity index (χ3n) is 4.16. The van der Waals surface area contributed by atoms with Crippen LogP contribution < -0.4 is 10.2 Å². The number of hydrogen-bond donors (Lipinski definition) is 1. The Hall–Kier alpha value is -0.610. The van der Waals surface area contributed by atoms with Gasteiger partial charge in [-0.05, 0) is 53.4 Å². The normalized spacial score (nSPS) is 23.1. The Morgan fingerprint density at radius 3 is 2.80 bits per heavy atom.